The van der Waals surface area contributed by atoms with Gasteiger partial charge in [0.25, 0.3) is 0 Å². The average molecular weight is 315 g/mol. The molecule has 0 aliphatic heterocycles. The number of rotatable bonds is 6. The highest BCUT2D eigenvalue weighted by Crippen LogP contribution is 2.19. The molecule has 118 valence electrons. The molecule has 0 amide bonds. The second-order valence-corrected chi connectivity index (χ2v) is 6.35. The molecule has 0 radical (unpaired) electrons. The topological polar surface area (TPSA) is 112 Å². The van der Waals surface area contributed by atoms with E-state index in [4.69, 9.17) is 15.3 Å². The molecule has 0 unspecified atom stereocenters. The number of nitrogens with two attached hydrogens (primary N) is 1. The van der Waals surface area contributed by atoms with Crippen LogP contribution in [0.2, 0.25) is 0 Å². The number of ether oxygens (including phenoxy) is 2. The summed E-state index contributed by atoms with van der Waals surface area (Å²) in [5.41, 5.74) is 1.81. The smallest absolute Gasteiger partial charge is 0.322 e. The third-order valence-electron chi connectivity index (χ3n) is 1.80. The molecule has 0 saturated carbocycles. The van der Waals surface area contributed by atoms with Crippen LogP contribution in [0.15, 0.2) is 5.16 Å². The standard InChI is InChI=1S/C12H21N5O3S/c1-7(2)19-10-14-9(17-13)15-11(16-10)21-6-8(18)20-12(3,4)5/h7H,6,13H2,1-5H3,(H,14,15,16,17). The Morgan fingerprint density at radius 3 is 2.52 bits per heavy atom. The fourth-order valence-corrected chi connectivity index (χ4v) is 1.82. The highest BCUT2D eigenvalue weighted by molar-refractivity contribution is 7.99. The third-order valence-corrected chi connectivity index (χ3v) is 2.62. The molecule has 1 aromatic rings. The van der Waals surface area contributed by atoms with E-state index >= 15 is 0 Å². The zero-order chi connectivity index (χ0) is 16.0. The van der Waals surface area contributed by atoms with Gasteiger partial charge in [0, 0.05) is 0 Å². The SMILES string of the molecule is CC(C)Oc1nc(NN)nc(SCC(=O)OC(C)(C)C)n1. The first-order valence-electron chi connectivity index (χ1n) is 6.43. The van der Waals surface area contributed by atoms with Crippen LogP contribution >= 0.6 is 11.8 Å². The van der Waals surface area contributed by atoms with Crippen LogP contribution in [0.3, 0.4) is 0 Å². The van der Waals surface area contributed by atoms with E-state index in [0.29, 0.717) is 5.16 Å². The number of nitrogen functional groups attached to an aromatic ring is 1. The zero-order valence-corrected chi connectivity index (χ0v) is 13.7. The van der Waals surface area contributed by atoms with Crippen LogP contribution in [-0.2, 0) is 9.53 Å². The van der Waals surface area contributed by atoms with Crippen molar-refractivity contribution in [2.75, 3.05) is 11.2 Å². The summed E-state index contributed by atoms with van der Waals surface area (Å²) in [5.74, 6) is 5.22. The number of aromatic nitrogens is 3. The molecular weight excluding hydrogens is 294 g/mol. The Hall–Kier alpha value is -1.61. The van der Waals surface area contributed by atoms with Crippen molar-refractivity contribution in [2.45, 2.75) is 51.5 Å². The van der Waals surface area contributed by atoms with Crippen molar-refractivity contribution in [3.05, 3.63) is 0 Å². The number of carbonyl (C=O) groups is 1. The van der Waals surface area contributed by atoms with Crippen LogP contribution in [0.5, 0.6) is 6.01 Å². The zero-order valence-electron chi connectivity index (χ0n) is 12.8. The molecule has 0 atom stereocenters. The van der Waals surface area contributed by atoms with Gasteiger partial charge in [0.2, 0.25) is 5.95 Å². The van der Waals surface area contributed by atoms with E-state index in [1.54, 1.807) is 0 Å². The molecule has 9 heteroatoms. The van der Waals surface area contributed by atoms with Gasteiger partial charge in [-0.3, -0.25) is 10.2 Å². The summed E-state index contributed by atoms with van der Waals surface area (Å²) >= 11 is 1.13. The molecule has 1 rings (SSSR count). The van der Waals surface area contributed by atoms with Gasteiger partial charge in [-0.15, -0.1) is 0 Å². The largest absolute Gasteiger partial charge is 0.461 e. The Morgan fingerprint density at radius 2 is 2.00 bits per heavy atom. The second-order valence-electron chi connectivity index (χ2n) is 5.41. The van der Waals surface area contributed by atoms with Crippen molar-refractivity contribution in [3.8, 4) is 6.01 Å². The van der Waals surface area contributed by atoms with Gasteiger partial charge < -0.3 is 9.47 Å². The van der Waals surface area contributed by atoms with Crippen molar-refractivity contribution in [1.82, 2.24) is 15.0 Å². The number of hydrogen-bond donors (Lipinski definition) is 2. The molecule has 0 aromatic carbocycles. The van der Waals surface area contributed by atoms with Crippen molar-refractivity contribution in [3.63, 3.8) is 0 Å². The first-order chi connectivity index (χ1) is 9.69. The predicted octanol–water partition coefficient (Wildman–Crippen LogP) is 1.38. The van der Waals surface area contributed by atoms with Gasteiger partial charge in [0.1, 0.15) is 5.60 Å². The fraction of sp³-hybridized carbons (Fsp3) is 0.667. The Morgan fingerprint density at radius 1 is 1.33 bits per heavy atom. The molecule has 3 N–H and O–H groups in total. The number of carbonyl (C=O) groups excluding carboxylic acids is 1. The molecule has 0 aliphatic carbocycles. The Bertz CT molecular complexity index is 490. The summed E-state index contributed by atoms with van der Waals surface area (Å²) in [4.78, 5) is 23.8. The summed E-state index contributed by atoms with van der Waals surface area (Å²) in [6.07, 6.45) is -0.0817. The summed E-state index contributed by atoms with van der Waals surface area (Å²) in [6, 6.07) is 0.152. The van der Waals surface area contributed by atoms with E-state index in [2.05, 4.69) is 20.4 Å². The highest BCUT2D eigenvalue weighted by Gasteiger charge is 2.17. The van der Waals surface area contributed by atoms with E-state index in [1.165, 1.54) is 0 Å². The van der Waals surface area contributed by atoms with E-state index in [1.807, 2.05) is 34.6 Å². The average Bonchev–Trinajstić information content (AvgIpc) is 2.33. The van der Waals surface area contributed by atoms with Gasteiger partial charge in [-0.2, -0.15) is 15.0 Å². The number of hydrazine groups is 1. The minimum Gasteiger partial charge on any atom is -0.461 e. The van der Waals surface area contributed by atoms with Gasteiger partial charge in [0.05, 0.1) is 11.9 Å². The number of nitrogens with zero attached hydrogens (tertiary/aromatic N) is 3. The van der Waals surface area contributed by atoms with Crippen molar-refractivity contribution >= 4 is 23.7 Å². The number of nitrogens with one attached hydrogen (secondary N) is 1. The van der Waals surface area contributed by atoms with Crippen molar-refractivity contribution < 1.29 is 14.3 Å². The van der Waals surface area contributed by atoms with Crippen LogP contribution in [0.4, 0.5) is 5.95 Å². The molecule has 0 aliphatic rings. The number of hydrogen-bond acceptors (Lipinski definition) is 9. The summed E-state index contributed by atoms with van der Waals surface area (Å²) < 4.78 is 10.6. The maximum Gasteiger partial charge on any atom is 0.322 e. The molecule has 1 heterocycles. The first kappa shape index (κ1) is 17.4. The second kappa shape index (κ2) is 7.41. The molecule has 8 nitrogen and oxygen atoms in total. The van der Waals surface area contributed by atoms with Gasteiger partial charge in [-0.1, -0.05) is 11.8 Å². The van der Waals surface area contributed by atoms with Crippen LogP contribution in [-0.4, -0.2) is 38.4 Å². The van der Waals surface area contributed by atoms with Crippen LogP contribution in [0.1, 0.15) is 34.6 Å². The molecular formula is C12H21N5O3S. The van der Waals surface area contributed by atoms with Gasteiger partial charge in [-0.05, 0) is 34.6 Å². The number of esters is 1. The van der Waals surface area contributed by atoms with E-state index in [-0.39, 0.29) is 29.8 Å². The van der Waals surface area contributed by atoms with Crippen LogP contribution < -0.4 is 16.0 Å². The van der Waals surface area contributed by atoms with Gasteiger partial charge in [0.15, 0.2) is 5.16 Å². The lowest BCUT2D eigenvalue weighted by Crippen LogP contribution is -2.25. The lowest BCUT2D eigenvalue weighted by atomic mass is 10.2. The third kappa shape index (κ3) is 7.09. The molecule has 0 saturated heterocycles. The maximum atomic E-state index is 11.7. The minimum atomic E-state index is -0.521. The van der Waals surface area contributed by atoms with E-state index in [9.17, 15) is 4.79 Å². The molecule has 0 spiro atoms. The van der Waals surface area contributed by atoms with Gasteiger partial charge >= 0.3 is 12.0 Å². The quantitative estimate of drug-likeness (QED) is 0.348. The highest BCUT2D eigenvalue weighted by atomic mass is 32.2. The summed E-state index contributed by atoms with van der Waals surface area (Å²) in [7, 11) is 0. The Kier molecular flexibility index (Phi) is 6.16. The fourth-order valence-electron chi connectivity index (χ4n) is 1.23. The van der Waals surface area contributed by atoms with E-state index < -0.39 is 5.60 Å². The predicted molar refractivity (Wildman–Crippen MR) is 80.0 cm³/mol. The van der Waals surface area contributed by atoms with Crippen LogP contribution in [0, 0.1) is 0 Å². The van der Waals surface area contributed by atoms with Crippen molar-refractivity contribution in [2.24, 2.45) is 5.84 Å². The first-order valence-corrected chi connectivity index (χ1v) is 7.42. The molecule has 1 aromatic heterocycles. The van der Waals surface area contributed by atoms with Crippen LogP contribution in [0.25, 0.3) is 0 Å². The molecule has 21 heavy (non-hydrogen) atoms. The van der Waals surface area contributed by atoms with E-state index in [0.717, 1.165) is 11.8 Å². The minimum absolute atomic E-state index is 0.0817. The Labute approximate surface area is 128 Å². The normalized spacial score (nSPS) is 11.4. The maximum absolute atomic E-state index is 11.7. The Balaban J connectivity index is 2.71. The van der Waals surface area contributed by atoms with Crippen molar-refractivity contribution in [1.29, 1.82) is 0 Å². The number of thioether (sulfide) groups is 1. The number of anilines is 1. The lowest BCUT2D eigenvalue weighted by Gasteiger charge is -2.19. The monoisotopic (exact) mass is 315 g/mol. The summed E-state index contributed by atoms with van der Waals surface area (Å²) in [6.45, 7) is 9.14. The lowest BCUT2D eigenvalue weighted by molar-refractivity contribution is -0.151. The molecule has 0 fully saturated rings. The molecule has 0 bridgehead atoms. The summed E-state index contributed by atoms with van der Waals surface area (Å²) in [5, 5.41) is 0.333. The van der Waals surface area contributed by atoms with Gasteiger partial charge in [-0.25, -0.2) is 5.84 Å².